The highest BCUT2D eigenvalue weighted by Crippen LogP contribution is 2.10. The highest BCUT2D eigenvalue weighted by atomic mass is 19.1. The predicted octanol–water partition coefficient (Wildman–Crippen LogP) is 2.59. The summed E-state index contributed by atoms with van der Waals surface area (Å²) in [5.74, 6) is -1.52. The summed E-state index contributed by atoms with van der Waals surface area (Å²) in [4.78, 5) is 11.7. The molecular weight excluding hydrogens is 224 g/mol. The smallest absolute Gasteiger partial charge is 0.153 e. The zero-order valence-corrected chi connectivity index (χ0v) is 9.88. The number of nitrogens with two attached hydrogens (primary N) is 1. The van der Waals surface area contributed by atoms with Crippen molar-refractivity contribution in [2.45, 2.75) is 38.6 Å². The molecule has 0 aliphatic heterocycles. The minimum absolute atomic E-state index is 0.0143. The molecule has 1 unspecified atom stereocenters. The van der Waals surface area contributed by atoms with Gasteiger partial charge in [0.15, 0.2) is 5.78 Å². The van der Waals surface area contributed by atoms with Crippen LogP contribution in [-0.2, 0) is 11.2 Å². The lowest BCUT2D eigenvalue weighted by Gasteiger charge is -2.09. The molecule has 0 saturated heterocycles. The molecule has 0 aliphatic carbocycles. The molecule has 4 heteroatoms. The molecule has 0 radical (unpaired) electrons. The average molecular weight is 241 g/mol. The minimum Gasteiger partial charge on any atom is -0.321 e. The first-order valence-electron chi connectivity index (χ1n) is 5.76. The van der Waals surface area contributed by atoms with E-state index in [-0.39, 0.29) is 12.2 Å². The van der Waals surface area contributed by atoms with Crippen molar-refractivity contribution in [2.75, 3.05) is 0 Å². The molecule has 0 heterocycles. The van der Waals surface area contributed by atoms with Gasteiger partial charge in [-0.15, -0.1) is 0 Å². The topological polar surface area (TPSA) is 43.1 Å². The Hall–Kier alpha value is -1.29. The van der Waals surface area contributed by atoms with Gasteiger partial charge in [0.25, 0.3) is 0 Å². The van der Waals surface area contributed by atoms with Gasteiger partial charge in [0.2, 0.25) is 0 Å². The zero-order valence-electron chi connectivity index (χ0n) is 9.88. The Morgan fingerprint density at radius 3 is 2.41 bits per heavy atom. The number of halogens is 2. The third kappa shape index (κ3) is 4.61. The second kappa shape index (κ2) is 6.45. The van der Waals surface area contributed by atoms with Crippen LogP contribution in [0.1, 0.15) is 31.7 Å². The summed E-state index contributed by atoms with van der Waals surface area (Å²) in [6, 6.07) is 2.56. The van der Waals surface area contributed by atoms with Crippen LogP contribution in [-0.4, -0.2) is 11.8 Å². The van der Waals surface area contributed by atoms with Crippen molar-refractivity contribution < 1.29 is 13.6 Å². The van der Waals surface area contributed by atoms with Gasteiger partial charge in [0.1, 0.15) is 11.6 Å². The molecule has 1 aromatic carbocycles. The van der Waals surface area contributed by atoms with Gasteiger partial charge in [0.05, 0.1) is 6.04 Å². The normalized spacial score (nSPS) is 12.5. The monoisotopic (exact) mass is 241 g/mol. The van der Waals surface area contributed by atoms with E-state index < -0.39 is 17.7 Å². The fourth-order valence-electron chi connectivity index (χ4n) is 1.63. The van der Waals surface area contributed by atoms with Gasteiger partial charge in [-0.1, -0.05) is 19.8 Å². The Morgan fingerprint density at radius 1 is 1.29 bits per heavy atom. The lowest BCUT2D eigenvalue weighted by Crippen LogP contribution is -2.31. The zero-order chi connectivity index (χ0) is 12.8. The number of ketones is 1. The Kier molecular flexibility index (Phi) is 5.22. The summed E-state index contributed by atoms with van der Waals surface area (Å²) in [5.41, 5.74) is 6.02. The molecule has 0 aromatic heterocycles. The SMILES string of the molecule is CCCCC(N)C(=O)Cc1cc(F)cc(F)c1. The summed E-state index contributed by atoms with van der Waals surface area (Å²) >= 11 is 0. The van der Waals surface area contributed by atoms with Crippen LogP contribution in [0.5, 0.6) is 0 Å². The molecule has 0 spiro atoms. The van der Waals surface area contributed by atoms with Crippen molar-refractivity contribution in [3.8, 4) is 0 Å². The van der Waals surface area contributed by atoms with Gasteiger partial charge in [-0.05, 0) is 24.1 Å². The molecule has 17 heavy (non-hydrogen) atoms. The van der Waals surface area contributed by atoms with E-state index >= 15 is 0 Å². The van der Waals surface area contributed by atoms with Crippen LogP contribution in [0.3, 0.4) is 0 Å². The quantitative estimate of drug-likeness (QED) is 0.831. The molecule has 0 amide bonds. The van der Waals surface area contributed by atoms with Gasteiger partial charge in [0, 0.05) is 12.5 Å². The molecule has 0 fully saturated rings. The third-order valence-corrected chi connectivity index (χ3v) is 2.58. The van der Waals surface area contributed by atoms with E-state index in [1.165, 1.54) is 0 Å². The standard InChI is InChI=1S/C13H17F2NO/c1-2-3-4-12(16)13(17)7-9-5-10(14)8-11(15)6-9/h5-6,8,12H,2-4,7,16H2,1H3. The first kappa shape index (κ1) is 13.8. The molecule has 2 N–H and O–H groups in total. The average Bonchev–Trinajstić information content (AvgIpc) is 2.24. The lowest BCUT2D eigenvalue weighted by molar-refractivity contribution is -0.119. The molecule has 0 aliphatic rings. The maximum atomic E-state index is 12.9. The summed E-state index contributed by atoms with van der Waals surface area (Å²) in [7, 11) is 0. The number of carbonyl (C=O) groups excluding carboxylic acids is 1. The Morgan fingerprint density at radius 2 is 1.88 bits per heavy atom. The predicted molar refractivity (Wildman–Crippen MR) is 62.6 cm³/mol. The van der Waals surface area contributed by atoms with E-state index in [9.17, 15) is 13.6 Å². The molecule has 94 valence electrons. The second-order valence-corrected chi connectivity index (χ2v) is 4.17. The molecule has 0 saturated carbocycles. The fourth-order valence-corrected chi connectivity index (χ4v) is 1.63. The van der Waals surface area contributed by atoms with E-state index in [2.05, 4.69) is 0 Å². The third-order valence-electron chi connectivity index (χ3n) is 2.58. The van der Waals surface area contributed by atoms with Crippen LogP contribution in [0, 0.1) is 11.6 Å². The van der Waals surface area contributed by atoms with Crippen molar-refractivity contribution >= 4 is 5.78 Å². The van der Waals surface area contributed by atoms with Crippen LogP contribution in [0.2, 0.25) is 0 Å². The van der Waals surface area contributed by atoms with Crippen molar-refractivity contribution in [2.24, 2.45) is 5.73 Å². The first-order chi connectivity index (χ1) is 8.02. The first-order valence-corrected chi connectivity index (χ1v) is 5.76. The molecule has 1 rings (SSSR count). The van der Waals surface area contributed by atoms with Crippen molar-refractivity contribution in [3.63, 3.8) is 0 Å². The van der Waals surface area contributed by atoms with Crippen LogP contribution in [0.15, 0.2) is 18.2 Å². The Labute approximate surface area is 99.8 Å². The van der Waals surface area contributed by atoms with Crippen molar-refractivity contribution in [3.05, 3.63) is 35.4 Å². The molecule has 0 bridgehead atoms. The number of unbranched alkanes of at least 4 members (excludes halogenated alkanes) is 1. The van der Waals surface area contributed by atoms with E-state index in [0.29, 0.717) is 12.0 Å². The molecule has 2 nitrogen and oxygen atoms in total. The summed E-state index contributed by atoms with van der Waals surface area (Å²) in [6.45, 7) is 2.01. The van der Waals surface area contributed by atoms with E-state index in [1.807, 2.05) is 6.92 Å². The number of benzene rings is 1. The van der Waals surface area contributed by atoms with Gasteiger partial charge in [-0.3, -0.25) is 4.79 Å². The van der Waals surface area contributed by atoms with Crippen molar-refractivity contribution in [1.82, 2.24) is 0 Å². The van der Waals surface area contributed by atoms with Gasteiger partial charge < -0.3 is 5.73 Å². The highest BCUT2D eigenvalue weighted by molar-refractivity contribution is 5.85. The summed E-state index contributed by atoms with van der Waals surface area (Å²) < 4.78 is 25.8. The van der Waals surface area contributed by atoms with E-state index in [1.54, 1.807) is 0 Å². The van der Waals surface area contributed by atoms with Crippen LogP contribution < -0.4 is 5.73 Å². The number of Topliss-reactive ketones (excluding diaryl/α,β-unsaturated/α-hetero) is 1. The summed E-state index contributed by atoms with van der Waals surface area (Å²) in [6.07, 6.45) is 2.45. The largest absolute Gasteiger partial charge is 0.321 e. The second-order valence-electron chi connectivity index (χ2n) is 4.17. The highest BCUT2D eigenvalue weighted by Gasteiger charge is 2.14. The molecule has 1 aromatic rings. The van der Waals surface area contributed by atoms with Gasteiger partial charge in [-0.25, -0.2) is 8.78 Å². The summed E-state index contributed by atoms with van der Waals surface area (Å²) in [5, 5.41) is 0. The maximum Gasteiger partial charge on any atom is 0.153 e. The van der Waals surface area contributed by atoms with Crippen LogP contribution in [0.4, 0.5) is 8.78 Å². The number of rotatable bonds is 6. The Balaban J connectivity index is 2.61. The molecule has 1 atom stereocenters. The number of carbonyl (C=O) groups is 1. The lowest BCUT2D eigenvalue weighted by atomic mass is 10.0. The fraction of sp³-hybridized carbons (Fsp3) is 0.462. The Bertz CT molecular complexity index is 373. The maximum absolute atomic E-state index is 12.9. The minimum atomic E-state index is -0.671. The van der Waals surface area contributed by atoms with Crippen molar-refractivity contribution in [1.29, 1.82) is 0 Å². The van der Waals surface area contributed by atoms with E-state index in [0.717, 1.165) is 31.0 Å². The van der Waals surface area contributed by atoms with Gasteiger partial charge in [-0.2, -0.15) is 0 Å². The van der Waals surface area contributed by atoms with Crippen LogP contribution >= 0.6 is 0 Å². The molecular formula is C13H17F2NO. The number of hydrogen-bond donors (Lipinski definition) is 1. The van der Waals surface area contributed by atoms with Gasteiger partial charge >= 0.3 is 0 Å². The number of hydrogen-bond acceptors (Lipinski definition) is 2. The van der Waals surface area contributed by atoms with E-state index in [4.69, 9.17) is 5.73 Å². The van der Waals surface area contributed by atoms with Crippen LogP contribution in [0.25, 0.3) is 0 Å².